The minimum Gasteiger partial charge on any atom is -0.480 e. The smallest absolute Gasteiger partial charge is 0.269 e. The number of piperidine rings is 1. The molecule has 1 saturated heterocycles. The number of hydrogen-bond acceptors (Lipinski definition) is 7. The van der Waals surface area contributed by atoms with E-state index in [1.807, 2.05) is 0 Å². The highest BCUT2D eigenvalue weighted by Crippen LogP contribution is 2.18. The van der Waals surface area contributed by atoms with E-state index < -0.39 is 4.92 Å². The Balaban J connectivity index is 1.56. The molecule has 2 heterocycles. The van der Waals surface area contributed by atoms with Crippen molar-refractivity contribution >= 4 is 17.7 Å². The first-order valence-electron chi connectivity index (χ1n) is 8.81. The standard InChI is InChI=1S/C19H20N4O5/c1-27-17-9-10-18(21-20-17)28-16-3-2-12-22(13-16)19(24)11-6-14-4-7-15(8-5-14)23(25)26/h4-11,16H,2-3,12-13H2,1H3/b11-6+. The van der Waals surface area contributed by atoms with E-state index in [4.69, 9.17) is 9.47 Å². The van der Waals surface area contributed by atoms with Gasteiger partial charge in [-0.2, -0.15) is 0 Å². The number of non-ortho nitro benzene ring substituents is 1. The van der Waals surface area contributed by atoms with Gasteiger partial charge in [0, 0.05) is 36.9 Å². The number of methoxy groups -OCH3 is 1. The van der Waals surface area contributed by atoms with Gasteiger partial charge in [-0.25, -0.2) is 0 Å². The summed E-state index contributed by atoms with van der Waals surface area (Å²) in [5, 5.41) is 18.5. The van der Waals surface area contributed by atoms with Crippen molar-refractivity contribution in [3.8, 4) is 11.8 Å². The Morgan fingerprint density at radius 3 is 2.57 bits per heavy atom. The Morgan fingerprint density at radius 2 is 1.93 bits per heavy atom. The lowest BCUT2D eigenvalue weighted by molar-refractivity contribution is -0.384. The summed E-state index contributed by atoms with van der Waals surface area (Å²) >= 11 is 0. The van der Waals surface area contributed by atoms with Crippen molar-refractivity contribution in [2.45, 2.75) is 18.9 Å². The van der Waals surface area contributed by atoms with Gasteiger partial charge in [-0.1, -0.05) is 0 Å². The fraction of sp³-hybridized carbons (Fsp3) is 0.316. The van der Waals surface area contributed by atoms with Gasteiger partial charge >= 0.3 is 0 Å². The molecule has 0 N–H and O–H groups in total. The number of benzene rings is 1. The minimum absolute atomic E-state index is 0.0149. The molecule has 1 unspecified atom stereocenters. The third-order valence-corrected chi connectivity index (χ3v) is 4.32. The predicted molar refractivity (Wildman–Crippen MR) is 101 cm³/mol. The highest BCUT2D eigenvalue weighted by molar-refractivity contribution is 5.91. The van der Waals surface area contributed by atoms with Crippen LogP contribution in [0.1, 0.15) is 18.4 Å². The first kappa shape index (κ1) is 19.3. The Labute approximate surface area is 161 Å². The molecule has 0 bridgehead atoms. The molecular formula is C19H20N4O5. The molecule has 1 aliphatic heterocycles. The van der Waals surface area contributed by atoms with Gasteiger partial charge in [-0.05, 0) is 36.6 Å². The normalized spacial score (nSPS) is 16.8. The average Bonchev–Trinajstić information content (AvgIpc) is 2.73. The molecule has 2 aromatic rings. The molecule has 9 heteroatoms. The summed E-state index contributed by atoms with van der Waals surface area (Å²) in [6.07, 6.45) is 4.60. The second-order valence-electron chi connectivity index (χ2n) is 6.26. The number of aromatic nitrogens is 2. The van der Waals surface area contributed by atoms with Gasteiger partial charge in [-0.15, -0.1) is 10.2 Å². The molecule has 1 aliphatic rings. The Hall–Kier alpha value is -3.49. The van der Waals surface area contributed by atoms with Gasteiger partial charge in [0.25, 0.3) is 5.69 Å². The van der Waals surface area contributed by atoms with Crippen molar-refractivity contribution in [3.63, 3.8) is 0 Å². The van der Waals surface area contributed by atoms with E-state index in [0.717, 1.165) is 18.4 Å². The Bertz CT molecular complexity index is 852. The number of nitrogens with zero attached hydrogens (tertiary/aromatic N) is 4. The number of nitro groups is 1. The van der Waals surface area contributed by atoms with E-state index in [2.05, 4.69) is 10.2 Å². The van der Waals surface area contributed by atoms with Crippen LogP contribution < -0.4 is 9.47 Å². The highest BCUT2D eigenvalue weighted by Gasteiger charge is 2.24. The lowest BCUT2D eigenvalue weighted by Gasteiger charge is -2.31. The van der Waals surface area contributed by atoms with E-state index in [1.54, 1.807) is 35.2 Å². The zero-order valence-corrected chi connectivity index (χ0v) is 15.4. The number of hydrogen-bond donors (Lipinski definition) is 0. The lowest BCUT2D eigenvalue weighted by atomic mass is 10.1. The first-order chi connectivity index (χ1) is 13.5. The second-order valence-corrected chi connectivity index (χ2v) is 6.26. The maximum atomic E-state index is 12.5. The molecule has 0 saturated carbocycles. The third-order valence-electron chi connectivity index (χ3n) is 4.32. The maximum absolute atomic E-state index is 12.5. The van der Waals surface area contributed by atoms with Gasteiger partial charge in [0.2, 0.25) is 17.7 Å². The van der Waals surface area contributed by atoms with Crippen molar-refractivity contribution in [1.82, 2.24) is 15.1 Å². The van der Waals surface area contributed by atoms with Crippen molar-refractivity contribution in [3.05, 3.63) is 58.2 Å². The van der Waals surface area contributed by atoms with E-state index in [9.17, 15) is 14.9 Å². The van der Waals surface area contributed by atoms with Crippen LogP contribution in [-0.2, 0) is 4.79 Å². The van der Waals surface area contributed by atoms with Gasteiger partial charge in [0.1, 0.15) is 6.10 Å². The summed E-state index contributed by atoms with van der Waals surface area (Å²) in [4.78, 5) is 24.4. The van der Waals surface area contributed by atoms with Crippen molar-refractivity contribution < 1.29 is 19.2 Å². The fourth-order valence-corrected chi connectivity index (χ4v) is 2.86. The molecule has 0 spiro atoms. The number of amides is 1. The van der Waals surface area contributed by atoms with Gasteiger partial charge in [0.15, 0.2) is 0 Å². The van der Waals surface area contributed by atoms with Crippen LogP contribution in [0.3, 0.4) is 0 Å². The van der Waals surface area contributed by atoms with Crippen LogP contribution in [0, 0.1) is 10.1 Å². The zero-order valence-electron chi connectivity index (χ0n) is 15.4. The van der Waals surface area contributed by atoms with Crippen LogP contribution in [-0.4, -0.2) is 52.2 Å². The van der Waals surface area contributed by atoms with E-state index >= 15 is 0 Å². The molecular weight excluding hydrogens is 364 g/mol. The number of likely N-dealkylation sites (tertiary alicyclic amines) is 1. The fourth-order valence-electron chi connectivity index (χ4n) is 2.86. The number of rotatable bonds is 6. The Morgan fingerprint density at radius 1 is 1.21 bits per heavy atom. The number of carbonyl (C=O) groups excluding carboxylic acids is 1. The van der Waals surface area contributed by atoms with Gasteiger partial charge < -0.3 is 14.4 Å². The van der Waals surface area contributed by atoms with E-state index in [-0.39, 0.29) is 17.7 Å². The van der Waals surface area contributed by atoms with Crippen LogP contribution in [0.4, 0.5) is 5.69 Å². The van der Waals surface area contributed by atoms with Crippen LogP contribution in [0.25, 0.3) is 6.08 Å². The van der Waals surface area contributed by atoms with Crippen LogP contribution in [0.5, 0.6) is 11.8 Å². The first-order valence-corrected chi connectivity index (χ1v) is 8.81. The van der Waals surface area contributed by atoms with E-state index in [1.165, 1.54) is 25.3 Å². The summed E-state index contributed by atoms with van der Waals surface area (Å²) in [5.41, 5.74) is 0.735. The van der Waals surface area contributed by atoms with Crippen LogP contribution >= 0.6 is 0 Å². The second kappa shape index (κ2) is 8.94. The van der Waals surface area contributed by atoms with Crippen molar-refractivity contribution in [2.75, 3.05) is 20.2 Å². The largest absolute Gasteiger partial charge is 0.480 e. The molecule has 1 aromatic heterocycles. The minimum atomic E-state index is -0.459. The molecule has 28 heavy (non-hydrogen) atoms. The summed E-state index contributed by atoms with van der Waals surface area (Å²) in [6, 6.07) is 9.37. The molecule has 1 amide bonds. The summed E-state index contributed by atoms with van der Waals surface area (Å²) in [7, 11) is 1.51. The molecule has 146 valence electrons. The number of nitro benzene ring substituents is 1. The molecule has 1 atom stereocenters. The molecule has 1 aromatic carbocycles. The van der Waals surface area contributed by atoms with Crippen molar-refractivity contribution in [2.24, 2.45) is 0 Å². The van der Waals surface area contributed by atoms with Gasteiger partial charge in [0.05, 0.1) is 18.6 Å². The molecule has 1 fully saturated rings. The van der Waals surface area contributed by atoms with Gasteiger partial charge in [-0.3, -0.25) is 14.9 Å². The lowest BCUT2D eigenvalue weighted by Crippen LogP contribution is -2.43. The third kappa shape index (κ3) is 5.03. The molecule has 0 aliphatic carbocycles. The monoisotopic (exact) mass is 384 g/mol. The quantitative estimate of drug-likeness (QED) is 0.428. The van der Waals surface area contributed by atoms with Crippen molar-refractivity contribution in [1.29, 1.82) is 0 Å². The Kier molecular flexibility index (Phi) is 6.15. The average molecular weight is 384 g/mol. The summed E-state index contributed by atoms with van der Waals surface area (Å²) in [6.45, 7) is 1.11. The number of ether oxygens (including phenoxy) is 2. The molecule has 9 nitrogen and oxygen atoms in total. The van der Waals surface area contributed by atoms with Crippen LogP contribution in [0.2, 0.25) is 0 Å². The maximum Gasteiger partial charge on any atom is 0.269 e. The SMILES string of the molecule is COc1ccc(OC2CCCN(C(=O)/C=C/c3ccc([N+](=O)[O-])cc3)C2)nn1. The van der Waals surface area contributed by atoms with Crippen LogP contribution in [0.15, 0.2) is 42.5 Å². The highest BCUT2D eigenvalue weighted by atomic mass is 16.6. The zero-order chi connectivity index (χ0) is 19.9. The molecule has 3 rings (SSSR count). The molecule has 0 radical (unpaired) electrons. The number of carbonyl (C=O) groups is 1. The van der Waals surface area contributed by atoms with E-state index in [0.29, 0.717) is 24.8 Å². The summed E-state index contributed by atoms with van der Waals surface area (Å²) < 4.78 is 10.8. The topological polar surface area (TPSA) is 108 Å². The summed E-state index contributed by atoms with van der Waals surface area (Å²) in [5.74, 6) is 0.665. The predicted octanol–water partition coefficient (Wildman–Crippen LogP) is 2.48.